The number of hydrogen-bond donors (Lipinski definition) is 2. The molecule has 1 rings (SSSR count). The van der Waals surface area contributed by atoms with Gasteiger partial charge in [0.15, 0.2) is 0 Å². The van der Waals surface area contributed by atoms with Crippen LogP contribution in [-0.2, 0) is 9.92 Å². The van der Waals surface area contributed by atoms with Gasteiger partial charge in [0.05, 0.1) is 4.90 Å². The maximum Gasteiger partial charge on any atom is 0.137 e. The van der Waals surface area contributed by atoms with Crippen LogP contribution >= 0.6 is 0 Å². The Balaban J connectivity index is 3.14. The molecule has 1 atom stereocenters. The second-order valence-corrected chi connectivity index (χ2v) is 6.24. The normalized spacial score (nSPS) is 14.6. The van der Waals surface area contributed by atoms with Crippen molar-refractivity contribution in [2.45, 2.75) is 38.1 Å². The van der Waals surface area contributed by atoms with Crippen LogP contribution in [0.25, 0.3) is 0 Å². The van der Waals surface area contributed by atoms with Crippen molar-refractivity contribution in [1.29, 1.82) is 0 Å². The lowest BCUT2D eigenvalue weighted by Gasteiger charge is -2.15. The Morgan fingerprint density at radius 3 is 2.41 bits per heavy atom. The molecule has 17 heavy (non-hydrogen) atoms. The van der Waals surface area contributed by atoms with E-state index in [0.29, 0.717) is 17.1 Å². The molecule has 0 saturated heterocycles. The van der Waals surface area contributed by atoms with E-state index in [1.807, 2.05) is 20.8 Å². The predicted molar refractivity (Wildman–Crippen MR) is 73.1 cm³/mol. The van der Waals surface area contributed by atoms with Crippen molar-refractivity contribution >= 4 is 15.6 Å². The molecule has 0 saturated carbocycles. The van der Waals surface area contributed by atoms with Crippen LogP contribution in [-0.4, -0.2) is 16.8 Å². The SMILES string of the molecule is CCCN=S(=O)(NC(C)C)c1ccc(N)cc1. The number of nitrogens with two attached hydrogens (primary N) is 1. The van der Waals surface area contributed by atoms with Gasteiger partial charge in [0.1, 0.15) is 9.92 Å². The summed E-state index contributed by atoms with van der Waals surface area (Å²) in [6, 6.07) is 7.15. The van der Waals surface area contributed by atoms with Gasteiger partial charge in [0.25, 0.3) is 0 Å². The van der Waals surface area contributed by atoms with Crippen molar-refractivity contribution in [3.05, 3.63) is 24.3 Å². The van der Waals surface area contributed by atoms with Gasteiger partial charge in [-0.05, 0) is 44.5 Å². The van der Waals surface area contributed by atoms with Crippen LogP contribution < -0.4 is 10.5 Å². The van der Waals surface area contributed by atoms with Gasteiger partial charge < -0.3 is 5.73 Å². The molecule has 1 aromatic carbocycles. The van der Waals surface area contributed by atoms with Gasteiger partial charge in [-0.2, -0.15) is 0 Å². The second-order valence-electron chi connectivity index (χ2n) is 4.22. The Kier molecular flexibility index (Phi) is 4.96. The molecule has 1 aromatic rings. The maximum absolute atomic E-state index is 12.7. The Morgan fingerprint density at radius 2 is 1.94 bits per heavy atom. The third-order valence-corrected chi connectivity index (χ3v) is 4.34. The van der Waals surface area contributed by atoms with Crippen molar-refractivity contribution in [2.24, 2.45) is 4.36 Å². The van der Waals surface area contributed by atoms with Crippen molar-refractivity contribution in [3.8, 4) is 0 Å². The summed E-state index contributed by atoms with van der Waals surface area (Å²) in [5.41, 5.74) is 6.29. The molecule has 1 unspecified atom stereocenters. The van der Waals surface area contributed by atoms with Crippen LogP contribution in [0.1, 0.15) is 27.2 Å². The van der Waals surface area contributed by atoms with Gasteiger partial charge in [0, 0.05) is 18.3 Å². The van der Waals surface area contributed by atoms with Gasteiger partial charge >= 0.3 is 0 Å². The van der Waals surface area contributed by atoms with E-state index in [1.54, 1.807) is 24.3 Å². The number of anilines is 1. The first-order valence-corrected chi connectivity index (χ1v) is 7.35. The Labute approximate surface area is 104 Å². The van der Waals surface area contributed by atoms with Crippen molar-refractivity contribution in [2.75, 3.05) is 12.3 Å². The molecule has 4 nitrogen and oxygen atoms in total. The van der Waals surface area contributed by atoms with Gasteiger partial charge in [-0.3, -0.25) is 0 Å². The maximum atomic E-state index is 12.7. The zero-order valence-electron chi connectivity index (χ0n) is 10.6. The Bertz CT molecular complexity index is 459. The fourth-order valence-corrected chi connectivity index (χ4v) is 3.31. The van der Waals surface area contributed by atoms with Gasteiger partial charge in [-0.15, -0.1) is 0 Å². The fraction of sp³-hybridized carbons (Fsp3) is 0.500. The van der Waals surface area contributed by atoms with E-state index < -0.39 is 9.92 Å². The van der Waals surface area contributed by atoms with Crippen molar-refractivity contribution in [1.82, 2.24) is 4.72 Å². The molecular formula is C12H21N3OS. The van der Waals surface area contributed by atoms with E-state index in [0.717, 1.165) is 6.42 Å². The van der Waals surface area contributed by atoms with Crippen LogP contribution in [0.5, 0.6) is 0 Å². The number of nitrogen functional groups attached to an aromatic ring is 1. The van der Waals surface area contributed by atoms with Crippen LogP contribution in [0, 0.1) is 0 Å². The van der Waals surface area contributed by atoms with Gasteiger partial charge in [-0.25, -0.2) is 13.3 Å². The highest BCUT2D eigenvalue weighted by molar-refractivity contribution is 7.91. The minimum Gasteiger partial charge on any atom is -0.399 e. The van der Waals surface area contributed by atoms with E-state index in [9.17, 15) is 4.21 Å². The van der Waals surface area contributed by atoms with Crippen LogP contribution in [0.4, 0.5) is 5.69 Å². The van der Waals surface area contributed by atoms with E-state index in [1.165, 1.54) is 0 Å². The zero-order valence-corrected chi connectivity index (χ0v) is 11.5. The molecule has 5 heteroatoms. The summed E-state index contributed by atoms with van der Waals surface area (Å²) in [6.45, 7) is 6.52. The first-order chi connectivity index (χ1) is 7.98. The van der Waals surface area contributed by atoms with E-state index in [2.05, 4.69) is 9.08 Å². The average Bonchev–Trinajstić information content (AvgIpc) is 2.26. The summed E-state index contributed by atoms with van der Waals surface area (Å²) in [6.07, 6.45) is 0.881. The fourth-order valence-electron chi connectivity index (χ4n) is 1.37. The Morgan fingerprint density at radius 1 is 1.35 bits per heavy atom. The topological polar surface area (TPSA) is 67.5 Å². The summed E-state index contributed by atoms with van der Waals surface area (Å²) in [7, 11) is -2.53. The molecule has 0 aromatic heterocycles. The molecule has 0 radical (unpaired) electrons. The highest BCUT2D eigenvalue weighted by Crippen LogP contribution is 2.14. The molecule has 0 fully saturated rings. The molecular weight excluding hydrogens is 234 g/mol. The third kappa shape index (κ3) is 4.02. The molecule has 0 aliphatic carbocycles. The third-order valence-electron chi connectivity index (χ3n) is 2.09. The first-order valence-electron chi connectivity index (χ1n) is 5.83. The number of benzene rings is 1. The molecule has 0 aliphatic heterocycles. The molecule has 0 heterocycles. The van der Waals surface area contributed by atoms with E-state index >= 15 is 0 Å². The summed E-state index contributed by atoms with van der Waals surface area (Å²) in [4.78, 5) is 0.689. The Hall–Kier alpha value is -1.07. The van der Waals surface area contributed by atoms with Crippen LogP contribution in [0.2, 0.25) is 0 Å². The standard InChI is InChI=1S/C12H21N3OS/c1-4-9-14-17(16,15-10(2)3)12-7-5-11(13)6-8-12/h5-8,10H,4,9,13H2,1-3H3,(H,14,15,16). The average molecular weight is 255 g/mol. The van der Waals surface area contributed by atoms with Crippen molar-refractivity contribution < 1.29 is 4.21 Å². The summed E-state index contributed by atoms with van der Waals surface area (Å²) in [5, 5.41) is 0. The lowest BCUT2D eigenvalue weighted by atomic mass is 10.3. The molecule has 3 N–H and O–H groups in total. The summed E-state index contributed by atoms with van der Waals surface area (Å²) < 4.78 is 20.1. The van der Waals surface area contributed by atoms with Gasteiger partial charge in [-0.1, -0.05) is 6.92 Å². The quantitative estimate of drug-likeness (QED) is 0.793. The van der Waals surface area contributed by atoms with Crippen LogP contribution in [0.15, 0.2) is 33.5 Å². The summed E-state index contributed by atoms with van der Waals surface area (Å²) >= 11 is 0. The molecule has 0 spiro atoms. The number of hydrogen-bond acceptors (Lipinski definition) is 3. The highest BCUT2D eigenvalue weighted by Gasteiger charge is 2.13. The molecule has 0 amide bonds. The number of nitrogens with one attached hydrogen (secondary N) is 1. The van der Waals surface area contributed by atoms with Crippen molar-refractivity contribution in [3.63, 3.8) is 0 Å². The minimum absolute atomic E-state index is 0.112. The zero-order chi connectivity index (χ0) is 12.9. The number of nitrogens with zero attached hydrogens (tertiary/aromatic N) is 1. The second kappa shape index (κ2) is 6.02. The predicted octanol–water partition coefficient (Wildman–Crippen LogP) is 2.42. The van der Waals surface area contributed by atoms with E-state index in [-0.39, 0.29) is 6.04 Å². The van der Waals surface area contributed by atoms with Gasteiger partial charge in [0.2, 0.25) is 0 Å². The summed E-state index contributed by atoms with van der Waals surface area (Å²) in [5.74, 6) is 0. The smallest absolute Gasteiger partial charge is 0.137 e. The van der Waals surface area contributed by atoms with E-state index in [4.69, 9.17) is 5.73 Å². The first kappa shape index (κ1) is 14.0. The lowest BCUT2D eigenvalue weighted by molar-refractivity contribution is 0.644. The number of rotatable bonds is 5. The minimum atomic E-state index is -2.53. The molecule has 0 bridgehead atoms. The molecule has 0 aliphatic rings. The molecule has 96 valence electrons. The highest BCUT2D eigenvalue weighted by atomic mass is 32.2. The monoisotopic (exact) mass is 255 g/mol. The lowest BCUT2D eigenvalue weighted by Crippen LogP contribution is -2.30. The largest absolute Gasteiger partial charge is 0.399 e. The van der Waals surface area contributed by atoms with Crippen LogP contribution in [0.3, 0.4) is 0 Å².